The standard InChI is InChI=1S/C49H51N9O8/c1-32-9-14-37(29-40(32)54-49-51-20-17-39(53-49)36-6-3-19-50-30-36)52-45(61)35-12-10-33(11-13-35)31-56-21-23-57(24-22-56)43(60)18-26-66-28-27-65-25-4-7-34-5-2-8-38-44(34)48(64)58(47(38)63)41-15-16-42(59)55-46(41)62/h2-3,5-6,8-14,17,19-20,29-30,41H,4,7,15-16,18,21-28,31H2,1H3,(H,52,61)(H,51,53,54)(H,55,59,62). The number of nitrogens with one attached hydrogen (secondary N) is 3. The molecule has 3 aliphatic heterocycles. The van der Waals surface area contributed by atoms with E-state index in [1.54, 1.807) is 36.8 Å². The number of benzene rings is 3. The number of hydrogen-bond acceptors (Lipinski definition) is 13. The minimum Gasteiger partial charge on any atom is -0.379 e. The number of carbonyl (C=O) groups is 6. The maximum atomic E-state index is 13.3. The summed E-state index contributed by atoms with van der Waals surface area (Å²) in [7, 11) is 0. The molecule has 0 saturated carbocycles. The normalized spacial score (nSPS) is 16.3. The molecule has 6 amide bonds. The average molecular weight is 894 g/mol. The first kappa shape index (κ1) is 45.4. The van der Waals surface area contributed by atoms with Crippen molar-refractivity contribution in [2.75, 3.05) is 63.2 Å². The lowest BCUT2D eigenvalue weighted by Gasteiger charge is -2.34. The maximum Gasteiger partial charge on any atom is 0.262 e. The van der Waals surface area contributed by atoms with Crippen molar-refractivity contribution < 1.29 is 38.2 Å². The number of fused-ring (bicyclic) bond motifs is 1. The number of piperazine rings is 1. The quantitative estimate of drug-likeness (QED) is 0.0789. The summed E-state index contributed by atoms with van der Waals surface area (Å²) < 4.78 is 11.4. The van der Waals surface area contributed by atoms with Crippen LogP contribution < -0.4 is 16.0 Å². The van der Waals surface area contributed by atoms with Gasteiger partial charge in [-0.1, -0.05) is 30.3 Å². The van der Waals surface area contributed by atoms with Crippen LogP contribution in [0.3, 0.4) is 0 Å². The Bertz CT molecular complexity index is 2600. The lowest BCUT2D eigenvalue weighted by molar-refractivity contribution is -0.136. The van der Waals surface area contributed by atoms with E-state index in [1.807, 2.05) is 72.5 Å². The molecule has 1 atom stereocenters. The molecule has 66 heavy (non-hydrogen) atoms. The third-order valence-electron chi connectivity index (χ3n) is 11.8. The molecule has 0 bridgehead atoms. The number of amides is 6. The third kappa shape index (κ3) is 11.0. The lowest BCUT2D eigenvalue weighted by Crippen LogP contribution is -2.54. The molecule has 2 fully saturated rings. The van der Waals surface area contributed by atoms with Gasteiger partial charge in [-0.15, -0.1) is 0 Å². The second kappa shape index (κ2) is 21.2. The second-order valence-electron chi connectivity index (χ2n) is 16.3. The van der Waals surface area contributed by atoms with Crippen LogP contribution in [0.1, 0.15) is 73.4 Å². The molecule has 17 heteroatoms. The lowest BCUT2D eigenvalue weighted by atomic mass is 9.99. The highest BCUT2D eigenvalue weighted by molar-refractivity contribution is 6.24. The molecular weight excluding hydrogens is 843 g/mol. The number of piperidine rings is 1. The van der Waals surface area contributed by atoms with Crippen molar-refractivity contribution in [3.63, 3.8) is 0 Å². The number of rotatable bonds is 18. The summed E-state index contributed by atoms with van der Waals surface area (Å²) in [6.45, 7) is 6.77. The van der Waals surface area contributed by atoms with Crippen LogP contribution in [0, 0.1) is 6.92 Å². The number of hydrogen-bond donors (Lipinski definition) is 3. The van der Waals surface area contributed by atoms with Crippen LogP contribution in [0.5, 0.6) is 0 Å². The Morgan fingerprint density at radius 3 is 2.42 bits per heavy atom. The zero-order valence-corrected chi connectivity index (χ0v) is 36.7. The highest BCUT2D eigenvalue weighted by Gasteiger charge is 2.45. The second-order valence-corrected chi connectivity index (χ2v) is 16.3. The molecular formula is C49H51N9O8. The fraction of sp³-hybridized carbons (Fsp3) is 0.327. The van der Waals surface area contributed by atoms with Crippen LogP contribution in [-0.4, -0.2) is 124 Å². The van der Waals surface area contributed by atoms with Crippen LogP contribution in [0.25, 0.3) is 11.3 Å². The molecule has 3 aromatic carbocycles. The Hall–Kier alpha value is -7.21. The van der Waals surface area contributed by atoms with Crippen molar-refractivity contribution in [2.24, 2.45) is 0 Å². The van der Waals surface area contributed by atoms with Crippen molar-refractivity contribution >= 4 is 52.8 Å². The predicted molar refractivity (Wildman–Crippen MR) is 244 cm³/mol. The first-order valence-electron chi connectivity index (χ1n) is 22.1. The van der Waals surface area contributed by atoms with Gasteiger partial charge in [0.2, 0.25) is 23.7 Å². The number of imide groups is 2. The average Bonchev–Trinajstić information content (AvgIpc) is 3.58. The van der Waals surface area contributed by atoms with Crippen LogP contribution in [-0.2, 0) is 36.8 Å². The SMILES string of the molecule is Cc1ccc(NC(=O)c2ccc(CN3CCN(C(=O)CCOCCOCCCc4cccc5c4C(=O)N(C4CCC(=O)NC4=O)C5=O)CC3)cc2)cc1Nc1nccc(-c2cccnc2)n1. The highest BCUT2D eigenvalue weighted by Crippen LogP contribution is 2.31. The monoisotopic (exact) mass is 893 g/mol. The van der Waals surface area contributed by atoms with Gasteiger partial charge in [0.15, 0.2) is 0 Å². The van der Waals surface area contributed by atoms with Gasteiger partial charge in [0.25, 0.3) is 17.7 Å². The molecule has 8 rings (SSSR count). The summed E-state index contributed by atoms with van der Waals surface area (Å²) in [6, 6.07) is 22.9. The zero-order chi connectivity index (χ0) is 46.0. The van der Waals surface area contributed by atoms with Crippen LogP contribution >= 0.6 is 0 Å². The molecule has 2 aromatic heterocycles. The molecule has 0 spiro atoms. The fourth-order valence-electron chi connectivity index (χ4n) is 8.22. The minimum absolute atomic E-state index is 0.0466. The van der Waals surface area contributed by atoms with Crippen LogP contribution in [0.15, 0.2) is 97.5 Å². The van der Waals surface area contributed by atoms with Gasteiger partial charge < -0.3 is 25.0 Å². The highest BCUT2D eigenvalue weighted by atomic mass is 16.5. The molecule has 5 aromatic rings. The van der Waals surface area contributed by atoms with Crippen molar-refractivity contribution in [1.29, 1.82) is 0 Å². The topological polar surface area (TPSA) is 205 Å². The van der Waals surface area contributed by atoms with Gasteiger partial charge >= 0.3 is 0 Å². The van der Waals surface area contributed by atoms with Crippen molar-refractivity contribution in [3.05, 3.63) is 131 Å². The van der Waals surface area contributed by atoms with E-state index in [9.17, 15) is 28.8 Å². The molecule has 2 saturated heterocycles. The summed E-state index contributed by atoms with van der Waals surface area (Å²) in [6.07, 6.45) is 6.70. The molecule has 1 unspecified atom stereocenters. The Kier molecular flexibility index (Phi) is 14.6. The Balaban J connectivity index is 0.696. The Morgan fingerprint density at radius 1 is 0.848 bits per heavy atom. The van der Waals surface area contributed by atoms with E-state index in [4.69, 9.17) is 9.47 Å². The van der Waals surface area contributed by atoms with E-state index in [0.29, 0.717) is 80.6 Å². The summed E-state index contributed by atoms with van der Waals surface area (Å²) >= 11 is 0. The molecule has 0 aliphatic carbocycles. The van der Waals surface area contributed by atoms with E-state index < -0.39 is 29.7 Å². The van der Waals surface area contributed by atoms with Crippen molar-refractivity contribution in [3.8, 4) is 11.3 Å². The van der Waals surface area contributed by atoms with E-state index >= 15 is 0 Å². The molecule has 0 radical (unpaired) electrons. The van der Waals surface area contributed by atoms with Crippen LogP contribution in [0.4, 0.5) is 17.3 Å². The summed E-state index contributed by atoms with van der Waals surface area (Å²) in [5.74, 6) is -1.83. The molecule has 340 valence electrons. The first-order valence-corrected chi connectivity index (χ1v) is 22.1. The molecule has 5 heterocycles. The number of carbonyl (C=O) groups excluding carboxylic acids is 6. The number of aromatic nitrogens is 3. The van der Waals surface area contributed by atoms with E-state index in [2.05, 4.69) is 35.8 Å². The van der Waals surface area contributed by atoms with E-state index in [1.165, 1.54) is 0 Å². The summed E-state index contributed by atoms with van der Waals surface area (Å²) in [5, 5.41) is 8.49. The van der Waals surface area contributed by atoms with Gasteiger partial charge in [0.05, 0.1) is 43.1 Å². The fourth-order valence-corrected chi connectivity index (χ4v) is 8.22. The van der Waals surface area contributed by atoms with Gasteiger partial charge in [-0.25, -0.2) is 9.97 Å². The maximum absolute atomic E-state index is 13.3. The number of pyridine rings is 1. The molecule has 17 nitrogen and oxygen atoms in total. The number of ether oxygens (including phenoxy) is 2. The van der Waals surface area contributed by atoms with Gasteiger partial charge in [0, 0.05) is 86.8 Å². The number of aryl methyl sites for hydroxylation is 2. The smallest absolute Gasteiger partial charge is 0.262 e. The first-order chi connectivity index (χ1) is 32.1. The largest absolute Gasteiger partial charge is 0.379 e. The third-order valence-corrected chi connectivity index (χ3v) is 11.8. The molecule has 3 aliphatic rings. The minimum atomic E-state index is -1.00. The van der Waals surface area contributed by atoms with Crippen LogP contribution in [0.2, 0.25) is 0 Å². The Morgan fingerprint density at radius 2 is 1.65 bits per heavy atom. The van der Waals surface area contributed by atoms with Gasteiger partial charge in [-0.05, 0) is 91.4 Å². The van der Waals surface area contributed by atoms with Crippen molar-refractivity contribution in [1.82, 2.24) is 35.0 Å². The Labute approximate surface area is 381 Å². The molecule has 3 N–H and O–H groups in total. The summed E-state index contributed by atoms with van der Waals surface area (Å²) in [4.78, 5) is 94.8. The van der Waals surface area contributed by atoms with Gasteiger partial charge in [-0.3, -0.25) is 48.9 Å². The summed E-state index contributed by atoms with van der Waals surface area (Å²) in [5.41, 5.74) is 6.89. The predicted octanol–water partition coefficient (Wildman–Crippen LogP) is 4.94. The van der Waals surface area contributed by atoms with E-state index in [-0.39, 0.29) is 43.2 Å². The van der Waals surface area contributed by atoms with E-state index in [0.717, 1.165) is 46.1 Å². The number of nitrogens with zero attached hydrogens (tertiary/aromatic N) is 6. The zero-order valence-electron chi connectivity index (χ0n) is 36.7. The van der Waals surface area contributed by atoms with Gasteiger partial charge in [-0.2, -0.15) is 0 Å². The van der Waals surface area contributed by atoms with Crippen molar-refractivity contribution in [2.45, 2.75) is 51.6 Å². The van der Waals surface area contributed by atoms with Gasteiger partial charge in [0.1, 0.15) is 6.04 Å². The number of anilines is 3.